The Morgan fingerprint density at radius 2 is 1.46 bits per heavy atom. The molecule has 0 radical (unpaired) electrons. The molecular formula is C31H34O3Se. The molecule has 4 heteroatoms. The van der Waals surface area contributed by atoms with Gasteiger partial charge >= 0.3 is 216 Å². The normalized spacial score (nSPS) is 26.0. The number of rotatable bonds is 6. The Bertz CT molecular complexity index is 1100. The Labute approximate surface area is 215 Å². The van der Waals surface area contributed by atoms with Gasteiger partial charge in [-0.15, -0.1) is 0 Å². The minimum atomic E-state index is 0.230. The summed E-state index contributed by atoms with van der Waals surface area (Å²) in [6.07, 6.45) is 7.33. The molecule has 3 nitrogen and oxygen atoms in total. The van der Waals surface area contributed by atoms with E-state index >= 15 is 0 Å². The second kappa shape index (κ2) is 10.5. The molecule has 0 spiro atoms. The van der Waals surface area contributed by atoms with Crippen molar-refractivity contribution < 1.29 is 14.2 Å². The maximum atomic E-state index is 6.24. The van der Waals surface area contributed by atoms with E-state index in [0.29, 0.717) is 10.7 Å². The van der Waals surface area contributed by atoms with Crippen LogP contribution in [0.25, 0.3) is 0 Å². The van der Waals surface area contributed by atoms with E-state index in [-0.39, 0.29) is 27.2 Å². The Hall–Kier alpha value is -2.10. The molecule has 35 heavy (non-hydrogen) atoms. The van der Waals surface area contributed by atoms with Gasteiger partial charge in [0.2, 0.25) is 0 Å². The molecule has 3 aromatic carbocycles. The van der Waals surface area contributed by atoms with Gasteiger partial charge in [0.25, 0.3) is 0 Å². The predicted molar refractivity (Wildman–Crippen MR) is 141 cm³/mol. The van der Waals surface area contributed by atoms with Crippen molar-refractivity contribution >= 4 is 19.4 Å². The zero-order chi connectivity index (χ0) is 23.6. The van der Waals surface area contributed by atoms with Gasteiger partial charge in [-0.3, -0.25) is 0 Å². The Morgan fingerprint density at radius 3 is 2.09 bits per heavy atom. The number of fused-ring (bicyclic) bond motifs is 1. The van der Waals surface area contributed by atoms with Crippen molar-refractivity contribution in [2.24, 2.45) is 0 Å². The first-order valence-electron chi connectivity index (χ1n) is 13.1. The van der Waals surface area contributed by atoms with Crippen LogP contribution in [-0.4, -0.2) is 35.3 Å². The third-order valence-electron chi connectivity index (χ3n) is 7.81. The van der Waals surface area contributed by atoms with Gasteiger partial charge in [0.1, 0.15) is 0 Å². The van der Waals surface area contributed by atoms with Crippen molar-refractivity contribution in [2.45, 2.75) is 61.5 Å². The number of hydrogen-bond acceptors (Lipinski definition) is 3. The number of aryl methyl sites for hydroxylation is 1. The van der Waals surface area contributed by atoms with E-state index in [0.717, 1.165) is 51.1 Å². The van der Waals surface area contributed by atoms with Crippen molar-refractivity contribution in [3.05, 3.63) is 94.5 Å². The zero-order valence-electron chi connectivity index (χ0n) is 20.5. The quantitative estimate of drug-likeness (QED) is 0.349. The second-order valence-electron chi connectivity index (χ2n) is 9.89. The van der Waals surface area contributed by atoms with Gasteiger partial charge in [0.05, 0.1) is 0 Å². The summed E-state index contributed by atoms with van der Waals surface area (Å²) in [6.45, 7) is 1.75. The fraction of sp³-hybridized carbons (Fsp3) is 0.419. The average Bonchev–Trinajstić information content (AvgIpc) is 3.64. The molecule has 182 valence electrons. The van der Waals surface area contributed by atoms with Crippen LogP contribution in [0.4, 0.5) is 0 Å². The number of hydrogen-bond donors (Lipinski definition) is 0. The molecule has 2 aliphatic heterocycles. The Balaban J connectivity index is 1.45. The summed E-state index contributed by atoms with van der Waals surface area (Å²) in [6, 6.07) is 24.6. The van der Waals surface area contributed by atoms with Crippen LogP contribution < -0.4 is 9.20 Å². The van der Waals surface area contributed by atoms with E-state index in [1.54, 1.807) is 4.46 Å². The summed E-state index contributed by atoms with van der Waals surface area (Å²) < 4.78 is 20.0. The molecule has 6 rings (SSSR count). The Morgan fingerprint density at radius 1 is 0.771 bits per heavy atom. The van der Waals surface area contributed by atoms with Crippen LogP contribution in [0.3, 0.4) is 0 Å². The van der Waals surface area contributed by atoms with Crippen LogP contribution in [0.2, 0.25) is 4.82 Å². The van der Waals surface area contributed by atoms with Crippen molar-refractivity contribution in [2.75, 3.05) is 20.3 Å². The number of methoxy groups -OCH3 is 1. The minimum absolute atomic E-state index is 0.230. The third kappa shape index (κ3) is 4.58. The molecular weight excluding hydrogens is 499 g/mol. The monoisotopic (exact) mass is 534 g/mol. The maximum absolute atomic E-state index is 6.24. The van der Waals surface area contributed by atoms with Crippen molar-refractivity contribution in [1.29, 1.82) is 0 Å². The third-order valence-corrected chi connectivity index (χ3v) is 11.0. The molecule has 4 atom stereocenters. The predicted octanol–water partition coefficient (Wildman–Crippen LogP) is 6.29. The molecule has 2 saturated heterocycles. The van der Waals surface area contributed by atoms with E-state index in [9.17, 15) is 0 Å². The SMILES string of the molecule is COc1cccc2c1[C@H](c1ccccc1)[C@@H]([Se]c1c([C@@H]3CCCO3)cccc1[C@@H]1CCCO1)CC2. The first-order chi connectivity index (χ1) is 17.3. The summed E-state index contributed by atoms with van der Waals surface area (Å²) in [5, 5.41) is 0. The van der Waals surface area contributed by atoms with Crippen LogP contribution in [0.5, 0.6) is 5.75 Å². The van der Waals surface area contributed by atoms with E-state index in [1.165, 1.54) is 34.2 Å². The molecule has 2 fully saturated rings. The summed E-state index contributed by atoms with van der Waals surface area (Å²) in [7, 11) is 1.81. The summed E-state index contributed by atoms with van der Waals surface area (Å²) in [5.74, 6) is 1.37. The molecule has 3 aliphatic rings. The van der Waals surface area contributed by atoms with Crippen molar-refractivity contribution in [3.8, 4) is 5.75 Å². The fourth-order valence-electron chi connectivity index (χ4n) is 6.17. The average molecular weight is 534 g/mol. The van der Waals surface area contributed by atoms with Gasteiger partial charge in [0, 0.05) is 0 Å². The molecule has 0 saturated carbocycles. The summed E-state index contributed by atoms with van der Waals surface area (Å²) >= 11 is 0.281. The molecule has 0 unspecified atom stereocenters. The standard InChI is InChI=1S/C31H34O3Se/c1-32-27-14-5-11-22-17-18-28(30(29(22)27)21-9-3-2-4-10-21)35-31-23(25-15-7-19-33-25)12-6-13-24(31)26-16-8-20-34-26/h2-6,9-14,25-26,28,30H,7-8,15-20H2,1H3/t25-,26-,28-,30+/m0/s1. The summed E-state index contributed by atoms with van der Waals surface area (Å²) in [4.78, 5) is 0.552. The van der Waals surface area contributed by atoms with Crippen molar-refractivity contribution in [3.63, 3.8) is 0 Å². The van der Waals surface area contributed by atoms with Crippen LogP contribution >= 0.6 is 0 Å². The molecule has 0 aromatic heterocycles. The van der Waals surface area contributed by atoms with E-state index in [1.807, 2.05) is 7.11 Å². The first kappa shape index (κ1) is 23.3. The molecule has 0 bridgehead atoms. The van der Waals surface area contributed by atoms with E-state index in [4.69, 9.17) is 14.2 Å². The van der Waals surface area contributed by atoms with Gasteiger partial charge < -0.3 is 0 Å². The zero-order valence-corrected chi connectivity index (χ0v) is 22.2. The molecule has 2 heterocycles. The van der Waals surface area contributed by atoms with Crippen LogP contribution in [0, 0.1) is 0 Å². The first-order valence-corrected chi connectivity index (χ1v) is 14.9. The molecule has 3 aromatic rings. The second-order valence-corrected chi connectivity index (χ2v) is 12.5. The van der Waals surface area contributed by atoms with Gasteiger partial charge in [0.15, 0.2) is 0 Å². The molecule has 0 N–H and O–H groups in total. The van der Waals surface area contributed by atoms with Crippen LogP contribution in [0.1, 0.15) is 78.0 Å². The summed E-state index contributed by atoms with van der Waals surface area (Å²) in [5.41, 5.74) is 7.09. The van der Waals surface area contributed by atoms with Gasteiger partial charge in [-0.1, -0.05) is 0 Å². The Kier molecular flexibility index (Phi) is 6.98. The van der Waals surface area contributed by atoms with Gasteiger partial charge in [-0.05, 0) is 0 Å². The number of benzene rings is 3. The van der Waals surface area contributed by atoms with E-state index < -0.39 is 0 Å². The molecule has 0 amide bonds. The van der Waals surface area contributed by atoms with Gasteiger partial charge in [-0.2, -0.15) is 0 Å². The van der Waals surface area contributed by atoms with Crippen molar-refractivity contribution in [1.82, 2.24) is 0 Å². The molecule has 1 aliphatic carbocycles. The fourth-order valence-corrected chi connectivity index (χ4v) is 9.61. The number of ether oxygens (including phenoxy) is 3. The van der Waals surface area contributed by atoms with Gasteiger partial charge in [-0.25, -0.2) is 0 Å². The van der Waals surface area contributed by atoms with Crippen LogP contribution in [0.15, 0.2) is 66.7 Å². The van der Waals surface area contributed by atoms with E-state index in [2.05, 4.69) is 66.7 Å². The topological polar surface area (TPSA) is 27.7 Å². The van der Waals surface area contributed by atoms with Crippen LogP contribution in [-0.2, 0) is 15.9 Å².